The number of nitrogens with zero attached hydrogens (tertiary/aromatic N) is 2. The Balaban J connectivity index is 1.98. The lowest BCUT2D eigenvalue weighted by Crippen LogP contribution is -2.32. The normalized spacial score (nSPS) is 19.2. The Labute approximate surface area is 84.5 Å². The van der Waals surface area contributed by atoms with E-state index in [9.17, 15) is 0 Å². The van der Waals surface area contributed by atoms with Crippen LogP contribution in [-0.2, 0) is 0 Å². The molecule has 1 saturated carbocycles. The standard InChI is InChI=1S/C10H18N4/c1-2-6-11-10(8-4-3-5-8)9-7-12-14-13-9/h7-8,10-11H,2-6H2,1H3,(H,12,13,14). The van der Waals surface area contributed by atoms with E-state index in [0.29, 0.717) is 6.04 Å². The van der Waals surface area contributed by atoms with E-state index in [0.717, 1.165) is 18.2 Å². The molecule has 1 heterocycles. The summed E-state index contributed by atoms with van der Waals surface area (Å²) in [5.41, 5.74) is 1.07. The third-order valence-corrected chi connectivity index (χ3v) is 2.99. The highest BCUT2D eigenvalue weighted by Crippen LogP contribution is 2.36. The second kappa shape index (κ2) is 4.55. The maximum absolute atomic E-state index is 4.17. The number of H-pyrrole nitrogens is 1. The van der Waals surface area contributed by atoms with Crippen molar-refractivity contribution in [3.63, 3.8) is 0 Å². The molecule has 1 atom stereocenters. The van der Waals surface area contributed by atoms with E-state index in [4.69, 9.17) is 0 Å². The Hall–Kier alpha value is -0.900. The van der Waals surface area contributed by atoms with Crippen LogP contribution in [0.25, 0.3) is 0 Å². The van der Waals surface area contributed by atoms with Crippen LogP contribution in [0.5, 0.6) is 0 Å². The number of rotatable bonds is 5. The van der Waals surface area contributed by atoms with Crippen LogP contribution in [0, 0.1) is 5.92 Å². The van der Waals surface area contributed by atoms with Gasteiger partial charge < -0.3 is 5.32 Å². The minimum atomic E-state index is 0.419. The van der Waals surface area contributed by atoms with E-state index >= 15 is 0 Å². The van der Waals surface area contributed by atoms with Gasteiger partial charge in [-0.15, -0.1) is 0 Å². The third kappa shape index (κ3) is 1.95. The molecule has 0 saturated heterocycles. The third-order valence-electron chi connectivity index (χ3n) is 2.99. The van der Waals surface area contributed by atoms with Crippen molar-refractivity contribution in [3.05, 3.63) is 11.9 Å². The van der Waals surface area contributed by atoms with E-state index in [2.05, 4.69) is 27.7 Å². The van der Waals surface area contributed by atoms with Gasteiger partial charge in [0.2, 0.25) is 0 Å². The zero-order valence-electron chi connectivity index (χ0n) is 8.66. The second-order valence-electron chi connectivity index (χ2n) is 4.02. The van der Waals surface area contributed by atoms with Crippen molar-refractivity contribution in [2.45, 2.75) is 38.6 Å². The van der Waals surface area contributed by atoms with Gasteiger partial charge in [-0.1, -0.05) is 13.3 Å². The van der Waals surface area contributed by atoms with Gasteiger partial charge in [0.05, 0.1) is 17.9 Å². The molecule has 1 aromatic rings. The fourth-order valence-corrected chi connectivity index (χ4v) is 1.95. The van der Waals surface area contributed by atoms with Crippen molar-refractivity contribution in [1.82, 2.24) is 20.7 Å². The molecule has 0 bridgehead atoms. The fourth-order valence-electron chi connectivity index (χ4n) is 1.95. The molecule has 0 aliphatic heterocycles. The first-order chi connectivity index (χ1) is 6.92. The van der Waals surface area contributed by atoms with Gasteiger partial charge in [0.25, 0.3) is 0 Å². The Morgan fingerprint density at radius 3 is 3.00 bits per heavy atom. The molecule has 1 fully saturated rings. The van der Waals surface area contributed by atoms with Crippen LogP contribution in [0.2, 0.25) is 0 Å². The molecule has 4 heteroatoms. The highest BCUT2D eigenvalue weighted by atomic mass is 15.3. The van der Waals surface area contributed by atoms with Crippen LogP contribution in [0.15, 0.2) is 6.20 Å². The van der Waals surface area contributed by atoms with Crippen molar-refractivity contribution >= 4 is 0 Å². The van der Waals surface area contributed by atoms with E-state index in [1.165, 1.54) is 25.7 Å². The molecule has 1 aromatic heterocycles. The minimum Gasteiger partial charge on any atom is -0.308 e. The summed E-state index contributed by atoms with van der Waals surface area (Å²) in [4.78, 5) is 0. The monoisotopic (exact) mass is 194 g/mol. The number of nitrogens with one attached hydrogen (secondary N) is 2. The van der Waals surface area contributed by atoms with Crippen LogP contribution in [-0.4, -0.2) is 22.0 Å². The Bertz CT molecular complexity index is 253. The predicted octanol–water partition coefficient (Wildman–Crippen LogP) is 1.65. The first-order valence-corrected chi connectivity index (χ1v) is 5.51. The molecule has 0 spiro atoms. The maximum Gasteiger partial charge on any atom is 0.0996 e. The summed E-state index contributed by atoms with van der Waals surface area (Å²) < 4.78 is 0. The van der Waals surface area contributed by atoms with Crippen molar-refractivity contribution in [3.8, 4) is 0 Å². The van der Waals surface area contributed by atoms with Gasteiger partial charge in [-0.25, -0.2) is 0 Å². The lowest BCUT2D eigenvalue weighted by atomic mass is 9.78. The molecule has 2 rings (SSSR count). The van der Waals surface area contributed by atoms with Gasteiger partial charge >= 0.3 is 0 Å². The largest absolute Gasteiger partial charge is 0.308 e. The molecule has 0 aromatic carbocycles. The zero-order valence-corrected chi connectivity index (χ0v) is 8.66. The van der Waals surface area contributed by atoms with E-state index in [1.807, 2.05) is 6.20 Å². The van der Waals surface area contributed by atoms with Crippen LogP contribution < -0.4 is 5.32 Å². The quantitative estimate of drug-likeness (QED) is 0.749. The zero-order chi connectivity index (χ0) is 9.80. The van der Waals surface area contributed by atoms with E-state index in [1.54, 1.807) is 0 Å². The maximum atomic E-state index is 4.17. The summed E-state index contributed by atoms with van der Waals surface area (Å²) in [5.74, 6) is 0.770. The lowest BCUT2D eigenvalue weighted by Gasteiger charge is -2.33. The summed E-state index contributed by atoms with van der Waals surface area (Å²) in [6, 6.07) is 0.419. The number of hydrogen-bond acceptors (Lipinski definition) is 3. The summed E-state index contributed by atoms with van der Waals surface area (Å²) in [7, 11) is 0. The smallest absolute Gasteiger partial charge is 0.0996 e. The first kappa shape index (κ1) is 9.65. The number of aromatic nitrogens is 3. The molecule has 1 aliphatic rings. The minimum absolute atomic E-state index is 0.419. The van der Waals surface area contributed by atoms with Crippen LogP contribution in [0.3, 0.4) is 0 Å². The molecule has 78 valence electrons. The SMILES string of the molecule is CCCNC(c1cn[nH]n1)C1CCC1. The number of hydrogen-bond donors (Lipinski definition) is 2. The van der Waals surface area contributed by atoms with Crippen molar-refractivity contribution in [2.75, 3.05) is 6.54 Å². The van der Waals surface area contributed by atoms with Crippen LogP contribution >= 0.6 is 0 Å². The van der Waals surface area contributed by atoms with E-state index in [-0.39, 0.29) is 0 Å². The van der Waals surface area contributed by atoms with Gasteiger partial charge in [0.15, 0.2) is 0 Å². The highest BCUT2D eigenvalue weighted by molar-refractivity contribution is 5.03. The van der Waals surface area contributed by atoms with Crippen LogP contribution in [0.1, 0.15) is 44.3 Å². The molecule has 14 heavy (non-hydrogen) atoms. The van der Waals surface area contributed by atoms with Gasteiger partial charge in [-0.2, -0.15) is 15.4 Å². The molecule has 2 N–H and O–H groups in total. The summed E-state index contributed by atoms with van der Waals surface area (Å²) in [6.07, 6.45) is 7.03. The molecule has 4 nitrogen and oxygen atoms in total. The second-order valence-corrected chi connectivity index (χ2v) is 4.02. The predicted molar refractivity (Wildman–Crippen MR) is 54.8 cm³/mol. The van der Waals surface area contributed by atoms with Gasteiger partial charge in [-0.3, -0.25) is 0 Å². The highest BCUT2D eigenvalue weighted by Gasteiger charge is 2.29. The van der Waals surface area contributed by atoms with Gasteiger partial charge in [0, 0.05) is 0 Å². The summed E-state index contributed by atoms with van der Waals surface area (Å²) in [5, 5.41) is 14.3. The van der Waals surface area contributed by atoms with Gasteiger partial charge in [-0.05, 0) is 31.7 Å². The molecule has 1 aliphatic carbocycles. The summed E-state index contributed by atoms with van der Waals surface area (Å²) >= 11 is 0. The summed E-state index contributed by atoms with van der Waals surface area (Å²) in [6.45, 7) is 3.25. The Morgan fingerprint density at radius 1 is 1.64 bits per heavy atom. The van der Waals surface area contributed by atoms with Crippen molar-refractivity contribution < 1.29 is 0 Å². The van der Waals surface area contributed by atoms with E-state index < -0.39 is 0 Å². The molecular weight excluding hydrogens is 176 g/mol. The topological polar surface area (TPSA) is 53.6 Å². The molecule has 0 amide bonds. The van der Waals surface area contributed by atoms with Crippen molar-refractivity contribution in [2.24, 2.45) is 5.92 Å². The molecule has 1 unspecified atom stereocenters. The Kier molecular flexibility index (Phi) is 3.14. The lowest BCUT2D eigenvalue weighted by molar-refractivity contribution is 0.227. The Morgan fingerprint density at radius 2 is 2.50 bits per heavy atom. The number of aromatic amines is 1. The first-order valence-electron chi connectivity index (χ1n) is 5.51. The average molecular weight is 194 g/mol. The van der Waals surface area contributed by atoms with Gasteiger partial charge in [0.1, 0.15) is 0 Å². The average Bonchev–Trinajstić information content (AvgIpc) is 2.61. The fraction of sp³-hybridized carbons (Fsp3) is 0.800. The molecule has 0 radical (unpaired) electrons. The van der Waals surface area contributed by atoms with Crippen molar-refractivity contribution in [1.29, 1.82) is 0 Å². The van der Waals surface area contributed by atoms with Crippen LogP contribution in [0.4, 0.5) is 0 Å². The molecular formula is C10H18N4.